The molecular formula is C21H25N3. The number of hydrogen-bond acceptors (Lipinski definition) is 2. The molecule has 1 aliphatic heterocycles. The van der Waals surface area contributed by atoms with E-state index in [1.165, 1.54) is 49.0 Å². The second-order valence-electron chi connectivity index (χ2n) is 6.82. The largest absolute Gasteiger partial charge is 0.341 e. The highest BCUT2D eigenvalue weighted by molar-refractivity contribution is 5.78. The zero-order valence-corrected chi connectivity index (χ0v) is 14.2. The molecule has 3 nitrogen and oxygen atoms in total. The van der Waals surface area contributed by atoms with Gasteiger partial charge in [0.25, 0.3) is 0 Å². The second-order valence-corrected chi connectivity index (χ2v) is 6.82. The fourth-order valence-corrected chi connectivity index (χ4v) is 3.67. The Morgan fingerprint density at radius 1 is 0.875 bits per heavy atom. The molecule has 0 bridgehead atoms. The minimum absolute atomic E-state index is 0.951. The van der Waals surface area contributed by atoms with Gasteiger partial charge in [-0.15, -0.1) is 0 Å². The first kappa shape index (κ1) is 15.4. The van der Waals surface area contributed by atoms with Crippen molar-refractivity contribution in [1.29, 1.82) is 0 Å². The topological polar surface area (TPSA) is 31.9 Å². The summed E-state index contributed by atoms with van der Waals surface area (Å²) in [5.41, 5.74) is 5.06. The molecule has 0 spiro atoms. The number of nitrogens with zero attached hydrogens (tertiary/aromatic N) is 2. The molecule has 1 fully saturated rings. The highest BCUT2D eigenvalue weighted by Crippen LogP contribution is 2.20. The number of aromatic amines is 1. The van der Waals surface area contributed by atoms with Crippen molar-refractivity contribution in [2.45, 2.75) is 38.6 Å². The summed E-state index contributed by atoms with van der Waals surface area (Å²) >= 11 is 0. The number of imidazole rings is 1. The normalized spacial score (nSPS) is 15.8. The number of hydrogen-bond donors (Lipinski definition) is 1. The number of rotatable bonds is 5. The average molecular weight is 319 g/mol. The zero-order valence-electron chi connectivity index (χ0n) is 14.2. The van der Waals surface area contributed by atoms with Gasteiger partial charge in [-0.2, -0.15) is 0 Å². The molecule has 0 saturated carbocycles. The number of likely N-dealkylation sites (tertiary alicyclic amines) is 1. The smallest absolute Gasteiger partial charge is 0.121 e. The van der Waals surface area contributed by atoms with Crippen LogP contribution < -0.4 is 0 Å². The van der Waals surface area contributed by atoms with Gasteiger partial charge in [0.2, 0.25) is 0 Å². The Hall–Kier alpha value is -2.13. The van der Waals surface area contributed by atoms with Crippen LogP contribution in [0.25, 0.3) is 11.0 Å². The maximum Gasteiger partial charge on any atom is 0.121 e. The van der Waals surface area contributed by atoms with E-state index in [2.05, 4.69) is 58.4 Å². The van der Waals surface area contributed by atoms with Crippen LogP contribution in [-0.4, -0.2) is 28.0 Å². The minimum Gasteiger partial charge on any atom is -0.341 e. The molecule has 0 unspecified atom stereocenters. The van der Waals surface area contributed by atoms with Gasteiger partial charge in [0.05, 0.1) is 17.6 Å². The minimum atomic E-state index is 0.951. The van der Waals surface area contributed by atoms with E-state index >= 15 is 0 Å². The van der Waals surface area contributed by atoms with Gasteiger partial charge in [-0.25, -0.2) is 4.98 Å². The average Bonchev–Trinajstić information content (AvgIpc) is 3.04. The third-order valence-corrected chi connectivity index (χ3v) is 4.99. The van der Waals surface area contributed by atoms with Gasteiger partial charge in [0.1, 0.15) is 5.82 Å². The molecule has 2 aromatic carbocycles. The fourth-order valence-electron chi connectivity index (χ4n) is 3.67. The van der Waals surface area contributed by atoms with E-state index in [1.54, 1.807) is 0 Å². The molecule has 1 N–H and O–H groups in total. The standard InChI is InChI=1S/C21H25N3/c1-3-8-17(9-4-1)12-13-18-10-7-11-19-21(18)23-20(22-19)16-24-14-5-2-6-15-24/h1,3-4,7-11H,2,5-6,12-16H2,(H,22,23). The van der Waals surface area contributed by atoms with E-state index in [-0.39, 0.29) is 0 Å². The summed E-state index contributed by atoms with van der Waals surface area (Å²) in [7, 11) is 0. The lowest BCUT2D eigenvalue weighted by atomic mass is 10.0. The molecule has 2 heterocycles. The lowest BCUT2D eigenvalue weighted by Crippen LogP contribution is -2.29. The first-order valence-electron chi connectivity index (χ1n) is 9.11. The first-order chi connectivity index (χ1) is 11.9. The monoisotopic (exact) mass is 319 g/mol. The van der Waals surface area contributed by atoms with Crippen LogP contribution in [0.3, 0.4) is 0 Å². The summed E-state index contributed by atoms with van der Waals surface area (Å²) in [5, 5.41) is 0. The number of aryl methyl sites for hydroxylation is 2. The van der Waals surface area contributed by atoms with Crippen molar-refractivity contribution in [1.82, 2.24) is 14.9 Å². The molecule has 24 heavy (non-hydrogen) atoms. The SMILES string of the molecule is c1ccc(CCc2cccc3[nH]c(CN4CCCCC4)nc23)cc1. The molecule has 0 radical (unpaired) electrons. The Morgan fingerprint density at radius 2 is 1.71 bits per heavy atom. The molecule has 1 aromatic heterocycles. The van der Waals surface area contributed by atoms with E-state index < -0.39 is 0 Å². The van der Waals surface area contributed by atoms with Gasteiger partial charge in [0, 0.05) is 0 Å². The number of benzene rings is 2. The number of para-hydroxylation sites is 1. The summed E-state index contributed by atoms with van der Waals surface area (Å²) < 4.78 is 0. The van der Waals surface area contributed by atoms with Crippen molar-refractivity contribution >= 4 is 11.0 Å². The van der Waals surface area contributed by atoms with Crippen LogP contribution >= 0.6 is 0 Å². The van der Waals surface area contributed by atoms with E-state index in [4.69, 9.17) is 4.98 Å². The van der Waals surface area contributed by atoms with Gasteiger partial charge in [-0.05, 0) is 56.0 Å². The van der Waals surface area contributed by atoms with Crippen molar-refractivity contribution in [2.24, 2.45) is 0 Å². The number of aromatic nitrogens is 2. The zero-order chi connectivity index (χ0) is 16.2. The molecule has 0 amide bonds. The Labute approximate surface area is 143 Å². The Bertz CT molecular complexity index is 785. The lowest BCUT2D eigenvalue weighted by molar-refractivity contribution is 0.216. The van der Waals surface area contributed by atoms with Gasteiger partial charge in [-0.1, -0.05) is 48.9 Å². The molecule has 1 aliphatic rings. The maximum absolute atomic E-state index is 4.92. The predicted molar refractivity (Wildman–Crippen MR) is 99.1 cm³/mol. The van der Waals surface area contributed by atoms with Gasteiger partial charge < -0.3 is 4.98 Å². The van der Waals surface area contributed by atoms with Crippen LogP contribution in [0.1, 0.15) is 36.2 Å². The quantitative estimate of drug-likeness (QED) is 0.759. The molecule has 4 rings (SSSR count). The van der Waals surface area contributed by atoms with Crippen molar-refractivity contribution in [2.75, 3.05) is 13.1 Å². The van der Waals surface area contributed by atoms with Gasteiger partial charge in [-0.3, -0.25) is 4.90 Å². The molecular weight excluding hydrogens is 294 g/mol. The number of H-pyrrole nitrogens is 1. The lowest BCUT2D eigenvalue weighted by Gasteiger charge is -2.25. The van der Waals surface area contributed by atoms with E-state index in [0.717, 1.165) is 30.7 Å². The summed E-state index contributed by atoms with van der Waals surface area (Å²) in [5.74, 6) is 1.11. The number of piperidine rings is 1. The third kappa shape index (κ3) is 3.51. The number of fused-ring (bicyclic) bond motifs is 1. The summed E-state index contributed by atoms with van der Waals surface area (Å²) in [6, 6.07) is 17.2. The summed E-state index contributed by atoms with van der Waals surface area (Å²) in [4.78, 5) is 11.0. The van der Waals surface area contributed by atoms with Crippen molar-refractivity contribution in [3.63, 3.8) is 0 Å². The molecule has 1 saturated heterocycles. The molecule has 3 heteroatoms. The van der Waals surface area contributed by atoms with Crippen LogP contribution in [0.2, 0.25) is 0 Å². The highest BCUT2D eigenvalue weighted by atomic mass is 15.1. The molecule has 0 atom stereocenters. The maximum atomic E-state index is 4.92. The predicted octanol–water partition coefficient (Wildman–Crippen LogP) is 4.33. The van der Waals surface area contributed by atoms with E-state index in [1.807, 2.05) is 0 Å². The van der Waals surface area contributed by atoms with Crippen molar-refractivity contribution < 1.29 is 0 Å². The van der Waals surface area contributed by atoms with E-state index in [9.17, 15) is 0 Å². The van der Waals surface area contributed by atoms with Gasteiger partial charge in [0.15, 0.2) is 0 Å². The van der Waals surface area contributed by atoms with Crippen LogP contribution in [0.4, 0.5) is 0 Å². The number of nitrogens with one attached hydrogen (secondary N) is 1. The third-order valence-electron chi connectivity index (χ3n) is 4.99. The molecule has 3 aromatic rings. The van der Waals surface area contributed by atoms with Crippen molar-refractivity contribution in [3.8, 4) is 0 Å². The first-order valence-corrected chi connectivity index (χ1v) is 9.11. The van der Waals surface area contributed by atoms with Crippen LogP contribution in [0.15, 0.2) is 48.5 Å². The Kier molecular flexibility index (Phi) is 4.61. The highest BCUT2D eigenvalue weighted by Gasteiger charge is 2.13. The van der Waals surface area contributed by atoms with Gasteiger partial charge >= 0.3 is 0 Å². The fraction of sp³-hybridized carbons (Fsp3) is 0.381. The summed E-state index contributed by atoms with van der Waals surface area (Å²) in [6.45, 7) is 3.36. The Balaban J connectivity index is 1.51. The summed E-state index contributed by atoms with van der Waals surface area (Å²) in [6.07, 6.45) is 6.12. The molecule has 124 valence electrons. The molecule has 0 aliphatic carbocycles. The van der Waals surface area contributed by atoms with Crippen molar-refractivity contribution in [3.05, 3.63) is 65.5 Å². The van der Waals surface area contributed by atoms with Crippen LogP contribution in [0, 0.1) is 0 Å². The van der Waals surface area contributed by atoms with Crippen LogP contribution in [0.5, 0.6) is 0 Å². The Morgan fingerprint density at radius 3 is 2.54 bits per heavy atom. The van der Waals surface area contributed by atoms with Crippen LogP contribution in [-0.2, 0) is 19.4 Å². The second kappa shape index (κ2) is 7.18. The van der Waals surface area contributed by atoms with E-state index in [0.29, 0.717) is 0 Å².